The minimum atomic E-state index is -1.02. The van der Waals surface area contributed by atoms with Gasteiger partial charge in [0.05, 0.1) is 28.6 Å². The van der Waals surface area contributed by atoms with E-state index in [9.17, 15) is 28.8 Å². The molecule has 8 heterocycles. The molecule has 4 fully saturated rings. The van der Waals surface area contributed by atoms with Crippen molar-refractivity contribution in [1.82, 2.24) is 39.8 Å². The molecule has 11 rings (SSSR count). The third-order valence-corrected chi connectivity index (χ3v) is 14.7. The lowest BCUT2D eigenvalue weighted by Crippen LogP contribution is -2.54. The molecule has 1 saturated carbocycles. The first-order chi connectivity index (χ1) is 31.5. The van der Waals surface area contributed by atoms with Gasteiger partial charge in [0.1, 0.15) is 11.7 Å². The van der Waals surface area contributed by atoms with E-state index in [1.54, 1.807) is 37.4 Å². The van der Waals surface area contributed by atoms with Gasteiger partial charge in [-0.25, -0.2) is 0 Å². The number of nitrogens with one attached hydrogen (secondary N) is 2. The number of hydrogen-bond donors (Lipinski definition) is 2. The van der Waals surface area contributed by atoms with Gasteiger partial charge >= 0.3 is 0 Å². The molecule has 3 saturated heterocycles. The average molecular weight is 876 g/mol. The van der Waals surface area contributed by atoms with E-state index in [-0.39, 0.29) is 53.3 Å². The lowest BCUT2D eigenvalue weighted by atomic mass is 9.60. The molecule has 16 nitrogen and oxygen atoms in total. The number of hydrogen-bond acceptors (Lipinski definition) is 11. The number of carbonyl (C=O) groups is 6. The monoisotopic (exact) mass is 875 g/mol. The third kappa shape index (κ3) is 7.14. The largest absolute Gasteiger partial charge is 0.382 e. The first kappa shape index (κ1) is 40.9. The van der Waals surface area contributed by atoms with E-state index in [4.69, 9.17) is 14.8 Å². The highest BCUT2D eigenvalue weighted by atomic mass is 16.5. The van der Waals surface area contributed by atoms with Crippen molar-refractivity contribution in [3.05, 3.63) is 95.1 Å². The van der Waals surface area contributed by atoms with Crippen LogP contribution in [0.3, 0.4) is 0 Å². The highest BCUT2D eigenvalue weighted by Gasteiger charge is 2.49. The average Bonchev–Trinajstić information content (AvgIpc) is 3.82. The van der Waals surface area contributed by atoms with Gasteiger partial charge in [0.25, 0.3) is 17.7 Å². The Morgan fingerprint density at radius 1 is 0.846 bits per heavy atom. The molecule has 65 heavy (non-hydrogen) atoms. The Morgan fingerprint density at radius 3 is 2.38 bits per heavy atom. The second kappa shape index (κ2) is 16.0. The quantitative estimate of drug-likeness (QED) is 0.202. The number of amides is 6. The van der Waals surface area contributed by atoms with Crippen LogP contribution < -0.4 is 10.6 Å². The summed E-state index contributed by atoms with van der Waals surface area (Å²) < 4.78 is 7.87. The molecule has 1 unspecified atom stereocenters. The molecule has 6 amide bonds. The molecule has 5 aliphatic heterocycles. The number of aromatic nitrogens is 4. The summed E-state index contributed by atoms with van der Waals surface area (Å²) in [5, 5.41) is 13.0. The number of imide groups is 2. The van der Waals surface area contributed by atoms with Crippen LogP contribution in [-0.2, 0) is 32.1 Å². The smallest absolute Gasteiger partial charge is 0.272 e. The number of piperidine rings is 2. The fourth-order valence-corrected chi connectivity index (χ4v) is 11.1. The fourth-order valence-electron chi connectivity index (χ4n) is 11.1. The van der Waals surface area contributed by atoms with Crippen LogP contribution in [0.5, 0.6) is 0 Å². The second-order valence-electron chi connectivity index (χ2n) is 18.5. The van der Waals surface area contributed by atoms with Crippen LogP contribution in [0, 0.1) is 5.41 Å². The maximum Gasteiger partial charge on any atom is 0.272 e. The third-order valence-electron chi connectivity index (χ3n) is 14.7. The van der Waals surface area contributed by atoms with Gasteiger partial charge in [0.2, 0.25) is 17.7 Å². The molecule has 0 bridgehead atoms. The van der Waals surface area contributed by atoms with Gasteiger partial charge in [0, 0.05) is 111 Å². The summed E-state index contributed by atoms with van der Waals surface area (Å²) in [4.78, 5) is 91.6. The Kier molecular flexibility index (Phi) is 10.1. The van der Waals surface area contributed by atoms with Crippen molar-refractivity contribution < 1.29 is 33.5 Å². The summed E-state index contributed by atoms with van der Waals surface area (Å²) >= 11 is 0. The fraction of sp³-hybridized carbons (Fsp3) is 0.408. The molecule has 2 N–H and O–H groups in total. The standard InChI is InChI=1S/C49H49N9O7/c1-28(59)56-17-12-40-36(27-56)44(54-58(40)32-13-20-65-21-14-32)33-5-2-4-29-22-39(51-26-35(29)33)30-8-9-38(50-25-30)47(63)55-18-15-49(16-19-55)23-31(24-49)52-37-7-3-6-34-43(37)48(64)57(46(34)62)41-10-11-42(60)53-45(41)61/h2-9,22,25-26,31-32,41,52H,10-21,23-24,27H2,1H3,(H,53,60,61). The Bertz CT molecular complexity index is 2820. The zero-order chi connectivity index (χ0) is 44.6. The summed E-state index contributed by atoms with van der Waals surface area (Å²) in [5.41, 5.74) is 7.27. The van der Waals surface area contributed by atoms with Crippen molar-refractivity contribution in [2.45, 2.75) is 89.4 Å². The maximum absolute atomic E-state index is 13.7. The Labute approximate surface area is 374 Å². The minimum Gasteiger partial charge on any atom is -0.382 e. The number of benzene rings is 2. The van der Waals surface area contributed by atoms with Gasteiger partial charge in [0.15, 0.2) is 0 Å². The van der Waals surface area contributed by atoms with Crippen LogP contribution in [0.25, 0.3) is 33.3 Å². The van der Waals surface area contributed by atoms with Crippen molar-refractivity contribution in [3.8, 4) is 22.5 Å². The number of fused-ring (bicyclic) bond motifs is 3. The maximum atomic E-state index is 13.7. The topological polar surface area (TPSA) is 189 Å². The van der Waals surface area contributed by atoms with Crippen LogP contribution in [-0.4, -0.2) is 115 Å². The Balaban J connectivity index is 0.735. The Morgan fingerprint density at radius 2 is 1.63 bits per heavy atom. The van der Waals surface area contributed by atoms with Gasteiger partial charge in [-0.3, -0.25) is 53.6 Å². The molecule has 5 aromatic rings. The molecule has 1 aliphatic carbocycles. The molecular weight excluding hydrogens is 827 g/mol. The SMILES string of the molecule is CC(=O)N1CCc2c(c(-c3cccc4cc(-c5ccc(C(=O)N6CCC7(CC6)CC(Nc6cccc8c6C(=O)N(C6CCC(=O)NC6=O)C8=O)C7)nc5)ncc34)nn2C2CCOCC2)C1. The highest BCUT2D eigenvalue weighted by molar-refractivity contribution is 6.25. The molecule has 6 aliphatic rings. The van der Waals surface area contributed by atoms with Gasteiger partial charge in [-0.1, -0.05) is 24.3 Å². The molecule has 2 aromatic carbocycles. The number of pyridine rings is 2. The first-order valence-electron chi connectivity index (χ1n) is 22.7. The summed E-state index contributed by atoms with van der Waals surface area (Å²) in [6, 6.07) is 16.4. The van der Waals surface area contributed by atoms with E-state index in [2.05, 4.69) is 32.4 Å². The van der Waals surface area contributed by atoms with E-state index in [1.807, 2.05) is 34.2 Å². The normalized spacial score (nSPS) is 21.1. The lowest BCUT2D eigenvalue weighted by molar-refractivity contribution is -0.136. The van der Waals surface area contributed by atoms with Gasteiger partial charge < -0.3 is 19.9 Å². The van der Waals surface area contributed by atoms with Crippen LogP contribution in [0.15, 0.2) is 67.0 Å². The number of likely N-dealkylation sites (tertiary alicyclic amines) is 1. The lowest BCUT2D eigenvalue weighted by Gasteiger charge is -2.52. The molecule has 332 valence electrons. The highest BCUT2D eigenvalue weighted by Crippen LogP contribution is 2.50. The predicted octanol–water partition coefficient (Wildman–Crippen LogP) is 5.31. The second-order valence-corrected chi connectivity index (χ2v) is 18.5. The van der Waals surface area contributed by atoms with Crippen LogP contribution in [0.2, 0.25) is 0 Å². The molecule has 16 heteroatoms. The number of carbonyl (C=O) groups excluding carboxylic acids is 6. The molecule has 1 spiro atoms. The summed E-state index contributed by atoms with van der Waals surface area (Å²) in [7, 11) is 0. The van der Waals surface area contributed by atoms with Crippen molar-refractivity contribution in [2.75, 3.05) is 38.2 Å². The van der Waals surface area contributed by atoms with Gasteiger partial charge in [-0.2, -0.15) is 5.10 Å². The van der Waals surface area contributed by atoms with Crippen molar-refractivity contribution in [3.63, 3.8) is 0 Å². The van der Waals surface area contributed by atoms with E-state index in [1.165, 1.54) is 5.69 Å². The predicted molar refractivity (Wildman–Crippen MR) is 237 cm³/mol. The van der Waals surface area contributed by atoms with Gasteiger partial charge in [-0.05, 0) is 86.1 Å². The zero-order valence-corrected chi connectivity index (χ0v) is 36.2. The van der Waals surface area contributed by atoms with Crippen molar-refractivity contribution in [1.29, 1.82) is 0 Å². The van der Waals surface area contributed by atoms with Crippen molar-refractivity contribution >= 4 is 51.9 Å². The Hall–Kier alpha value is -6.81. The van der Waals surface area contributed by atoms with E-state index < -0.39 is 29.7 Å². The summed E-state index contributed by atoms with van der Waals surface area (Å²) in [6.45, 7) is 5.49. The van der Waals surface area contributed by atoms with E-state index in [0.717, 1.165) is 88.7 Å². The van der Waals surface area contributed by atoms with Gasteiger partial charge in [-0.15, -0.1) is 0 Å². The summed E-state index contributed by atoms with van der Waals surface area (Å²) in [6.07, 6.45) is 9.78. The van der Waals surface area contributed by atoms with Crippen LogP contribution in [0.1, 0.15) is 107 Å². The van der Waals surface area contributed by atoms with E-state index in [0.29, 0.717) is 50.8 Å². The number of rotatable bonds is 7. The first-order valence-corrected chi connectivity index (χ1v) is 22.7. The molecule has 3 aromatic heterocycles. The molecule has 1 atom stereocenters. The van der Waals surface area contributed by atoms with Crippen LogP contribution >= 0.6 is 0 Å². The van der Waals surface area contributed by atoms with Crippen molar-refractivity contribution in [2.24, 2.45) is 5.41 Å². The number of nitrogens with zero attached hydrogens (tertiary/aromatic N) is 7. The molecular formula is C49H49N9O7. The molecule has 0 radical (unpaired) electrons. The number of anilines is 1. The zero-order valence-electron chi connectivity index (χ0n) is 36.2. The van der Waals surface area contributed by atoms with E-state index >= 15 is 0 Å². The number of ether oxygens (including phenoxy) is 1. The minimum absolute atomic E-state index is 0.0610. The summed E-state index contributed by atoms with van der Waals surface area (Å²) in [5.74, 6) is -2.14. The van der Waals surface area contributed by atoms with Crippen LogP contribution in [0.4, 0.5) is 5.69 Å².